The highest BCUT2D eigenvalue weighted by molar-refractivity contribution is 6.72. The number of carbonyl (C=O) groups excluding carboxylic acids is 2. The van der Waals surface area contributed by atoms with E-state index in [9.17, 15) is 14.7 Å². The van der Waals surface area contributed by atoms with Gasteiger partial charge in [0.15, 0.2) is 0 Å². The summed E-state index contributed by atoms with van der Waals surface area (Å²) in [5, 5.41) is 15.9. The molecule has 2 aliphatic heterocycles. The molecule has 0 aliphatic carbocycles. The second-order valence-electron chi connectivity index (χ2n) is 12.2. The van der Waals surface area contributed by atoms with Gasteiger partial charge in [-0.3, -0.25) is 9.59 Å². The van der Waals surface area contributed by atoms with Crippen molar-refractivity contribution in [3.8, 4) is 0 Å². The van der Waals surface area contributed by atoms with Crippen molar-refractivity contribution >= 4 is 25.9 Å². The average Bonchev–Trinajstić information content (AvgIpc) is 3.28. The molecule has 1 unspecified atom stereocenters. The molecule has 2 aromatic carbocycles. The molecule has 4 rings (SSSR count). The Morgan fingerprint density at radius 2 is 1.83 bits per heavy atom. The lowest BCUT2D eigenvalue weighted by atomic mass is 9.95. The van der Waals surface area contributed by atoms with Gasteiger partial charge in [-0.2, -0.15) is 0 Å². The fourth-order valence-corrected chi connectivity index (χ4v) is 9.02. The molecule has 2 heterocycles. The van der Waals surface area contributed by atoms with E-state index in [0.29, 0.717) is 6.54 Å². The molecule has 0 radical (unpaired) electrons. The van der Waals surface area contributed by atoms with Crippen LogP contribution in [0.25, 0.3) is 0 Å². The second-order valence-corrected chi connectivity index (χ2v) is 16.0. The zero-order chi connectivity index (χ0) is 29.4. The van der Waals surface area contributed by atoms with Crippen LogP contribution in [0.2, 0.25) is 18.6 Å². The number of amides is 2. The van der Waals surface area contributed by atoms with E-state index in [-0.39, 0.29) is 54.9 Å². The van der Waals surface area contributed by atoms with E-state index in [2.05, 4.69) is 17.6 Å². The maximum atomic E-state index is 15.6. The number of hydrogen-bond acceptors (Lipinski definition) is 5. The van der Waals surface area contributed by atoms with Crippen LogP contribution in [-0.2, 0) is 27.3 Å². The molecular weight excluding hydrogens is 537 g/mol. The van der Waals surface area contributed by atoms with Crippen molar-refractivity contribution in [2.24, 2.45) is 11.8 Å². The zero-order valence-electron chi connectivity index (χ0n) is 24.7. The summed E-state index contributed by atoms with van der Waals surface area (Å²) in [5.41, 5.74) is 2.63. The van der Waals surface area contributed by atoms with Crippen molar-refractivity contribution in [1.29, 1.82) is 0 Å². The first-order chi connectivity index (χ1) is 19.7. The second kappa shape index (κ2) is 14.5. The van der Waals surface area contributed by atoms with Gasteiger partial charge in [-0.15, -0.1) is 0 Å². The predicted molar refractivity (Wildman–Crippen MR) is 163 cm³/mol. The molecule has 0 spiro atoms. The van der Waals surface area contributed by atoms with Gasteiger partial charge in [-0.25, -0.2) is 0 Å². The van der Waals surface area contributed by atoms with E-state index in [4.69, 9.17) is 4.74 Å². The number of nitrogens with zero attached hydrogens (tertiary/aromatic N) is 1. The molecule has 2 saturated heterocycles. The fraction of sp³-hybridized carbons (Fsp3) is 0.562. The van der Waals surface area contributed by atoms with E-state index in [1.54, 1.807) is 18.0 Å². The summed E-state index contributed by atoms with van der Waals surface area (Å²) in [4.78, 5) is 27.5. The van der Waals surface area contributed by atoms with Gasteiger partial charge in [0.1, 0.15) is 0 Å². The van der Waals surface area contributed by atoms with Crippen LogP contribution < -0.4 is 10.6 Å². The van der Waals surface area contributed by atoms with Crippen LogP contribution in [0.1, 0.15) is 43.7 Å². The van der Waals surface area contributed by atoms with Gasteiger partial charge >= 0.3 is 0 Å². The summed E-state index contributed by atoms with van der Waals surface area (Å²) in [5.74, 6) is -0.0492. The summed E-state index contributed by atoms with van der Waals surface area (Å²) < 4.78 is 22.1. The van der Waals surface area contributed by atoms with Crippen molar-refractivity contribution < 1.29 is 23.5 Å². The van der Waals surface area contributed by atoms with Crippen LogP contribution >= 0.6 is 0 Å². The highest BCUT2D eigenvalue weighted by atomic mass is 28.4. The van der Waals surface area contributed by atoms with Crippen LogP contribution in [0.5, 0.6) is 0 Å². The number of halogens is 1. The Morgan fingerprint density at radius 1 is 1.10 bits per heavy atom. The Hall–Kier alpha value is -2.59. The Labute approximate surface area is 245 Å². The summed E-state index contributed by atoms with van der Waals surface area (Å²) in [6.45, 7) is 7.68. The molecular formula is C32H46FN3O4Si. The van der Waals surface area contributed by atoms with Crippen LogP contribution in [-0.4, -0.2) is 68.7 Å². The van der Waals surface area contributed by atoms with Gasteiger partial charge in [-0.05, 0) is 74.5 Å². The number of anilines is 1. The molecule has 2 fully saturated rings. The first-order valence-corrected chi connectivity index (χ1v) is 18.0. The highest BCUT2D eigenvalue weighted by Crippen LogP contribution is 2.47. The highest BCUT2D eigenvalue weighted by Gasteiger charge is 2.51. The molecule has 2 amide bonds. The van der Waals surface area contributed by atoms with Crippen LogP contribution in [0.4, 0.5) is 9.80 Å². The Morgan fingerprint density at radius 3 is 2.46 bits per heavy atom. The van der Waals surface area contributed by atoms with Gasteiger partial charge in [0.2, 0.25) is 20.2 Å². The number of benzene rings is 2. The first kappa shape index (κ1) is 31.3. The molecule has 7 nitrogen and oxygen atoms in total. The predicted octanol–water partition coefficient (Wildman–Crippen LogP) is 4.92. The number of hydrogen-bond donors (Lipinski definition) is 3. The quantitative estimate of drug-likeness (QED) is 0.244. The minimum Gasteiger partial charge on any atom is -0.395 e. The number of aliphatic hydroxyl groups excluding tert-OH is 1. The van der Waals surface area contributed by atoms with Crippen molar-refractivity contribution in [3.63, 3.8) is 0 Å². The molecule has 0 saturated carbocycles. The fourth-order valence-electron chi connectivity index (χ4n) is 6.48. The molecule has 224 valence electrons. The molecule has 2 aliphatic rings. The lowest BCUT2D eigenvalue weighted by Gasteiger charge is -2.30. The van der Waals surface area contributed by atoms with Gasteiger partial charge in [-0.1, -0.05) is 49.4 Å². The summed E-state index contributed by atoms with van der Waals surface area (Å²) in [6, 6.07) is 17.6. The number of ether oxygens (including phenoxy) is 1. The molecule has 41 heavy (non-hydrogen) atoms. The average molecular weight is 584 g/mol. The minimum absolute atomic E-state index is 0.00236. The molecule has 0 bridgehead atoms. The monoisotopic (exact) mass is 583 g/mol. The normalized spacial score (nSPS) is 24.7. The lowest BCUT2D eigenvalue weighted by Crippen LogP contribution is -2.40. The number of aliphatic hydroxyl groups is 1. The third-order valence-corrected chi connectivity index (χ3v) is 11.1. The number of aryl methyl sites for hydroxylation is 1. The van der Waals surface area contributed by atoms with Crippen LogP contribution in [0.15, 0.2) is 54.6 Å². The van der Waals surface area contributed by atoms with Gasteiger partial charge < -0.3 is 29.5 Å². The topological polar surface area (TPSA) is 90.9 Å². The largest absolute Gasteiger partial charge is 0.395 e. The van der Waals surface area contributed by atoms with Gasteiger partial charge in [0, 0.05) is 30.9 Å². The zero-order valence-corrected chi connectivity index (χ0v) is 25.7. The SMILES string of the molecule is C[C@H]1[C@H]([Si](C)(C)F)[C@@H](CC(=O)N(CCO)Cc2ccccc2)O[C@H]1CCc1ccc(NC(=O)C2CCCNC2)cc1. The summed E-state index contributed by atoms with van der Waals surface area (Å²) in [6.07, 6.45) is 2.93. The lowest BCUT2D eigenvalue weighted by molar-refractivity contribution is -0.135. The van der Waals surface area contributed by atoms with Gasteiger partial charge in [0.25, 0.3) is 0 Å². The van der Waals surface area contributed by atoms with Crippen molar-refractivity contribution in [1.82, 2.24) is 10.2 Å². The molecule has 0 aromatic heterocycles. The van der Waals surface area contributed by atoms with Crippen LogP contribution in [0.3, 0.4) is 0 Å². The van der Waals surface area contributed by atoms with E-state index in [1.165, 1.54) is 0 Å². The van der Waals surface area contributed by atoms with Crippen molar-refractivity contribution in [3.05, 3.63) is 65.7 Å². The summed E-state index contributed by atoms with van der Waals surface area (Å²) in [7, 11) is -3.12. The van der Waals surface area contributed by atoms with Gasteiger partial charge in [0.05, 0.1) is 31.2 Å². The van der Waals surface area contributed by atoms with Crippen LogP contribution in [0, 0.1) is 11.8 Å². The standard InChI is InChI=1S/C32H46FN3O4Si/c1-23-28(16-13-24-11-14-27(15-12-24)35-32(39)26-10-7-17-34-21-26)40-29(31(23)41(2,3)33)20-30(38)36(18-19-37)22-25-8-5-4-6-9-25/h4-6,8-9,11-12,14-15,23,26,28-29,31,34,37H,7,10,13,16-22H2,1-3H3,(H,35,39)/t23-,26?,28+,29-,31+/m1/s1. The molecule has 2 aromatic rings. The van der Waals surface area contributed by atoms with E-state index < -0.39 is 14.5 Å². The summed E-state index contributed by atoms with van der Waals surface area (Å²) >= 11 is 0. The van der Waals surface area contributed by atoms with E-state index in [1.807, 2.05) is 54.6 Å². The number of piperidine rings is 1. The number of rotatable bonds is 12. The third kappa shape index (κ3) is 8.70. The van der Waals surface area contributed by atoms with E-state index >= 15 is 4.11 Å². The molecule has 5 atom stereocenters. The van der Waals surface area contributed by atoms with Crippen molar-refractivity contribution in [2.75, 3.05) is 31.6 Å². The molecule has 3 N–H and O–H groups in total. The maximum absolute atomic E-state index is 15.6. The third-order valence-electron chi connectivity index (χ3n) is 8.62. The Kier molecular flexibility index (Phi) is 11.1. The maximum Gasteiger partial charge on any atom is 0.246 e. The minimum atomic E-state index is -3.12. The van der Waals surface area contributed by atoms with E-state index in [0.717, 1.165) is 55.6 Å². The first-order valence-electron chi connectivity index (χ1n) is 15.0. The Balaban J connectivity index is 1.35. The van der Waals surface area contributed by atoms with Crippen molar-refractivity contribution in [2.45, 2.75) is 76.4 Å². The number of carbonyl (C=O) groups is 2. The number of nitrogens with one attached hydrogen (secondary N) is 2. The molecule has 9 heteroatoms. The Bertz CT molecular complexity index is 1120. The smallest absolute Gasteiger partial charge is 0.246 e.